The molecule has 0 aliphatic carbocycles. The molecule has 0 spiro atoms. The maximum atomic E-state index is 10.9. The van der Waals surface area contributed by atoms with Crippen LogP contribution in [0.4, 0.5) is 0 Å². The van der Waals surface area contributed by atoms with Crippen LogP contribution in [-0.4, -0.2) is 21.0 Å². The molecule has 4 nitrogen and oxygen atoms in total. The predicted molar refractivity (Wildman–Crippen MR) is 68.5 cm³/mol. The molecular formula is C14H14N2O2. The molecule has 0 saturated carbocycles. The van der Waals surface area contributed by atoms with Crippen molar-refractivity contribution in [1.82, 2.24) is 9.97 Å². The highest BCUT2D eigenvalue weighted by Crippen LogP contribution is 2.18. The Bertz CT molecular complexity index is 577. The summed E-state index contributed by atoms with van der Waals surface area (Å²) in [5, 5.41) is 8.97. The highest BCUT2D eigenvalue weighted by molar-refractivity contribution is 5.86. The maximum Gasteiger partial charge on any atom is 0.354 e. The van der Waals surface area contributed by atoms with Gasteiger partial charge in [-0.25, -0.2) is 14.8 Å². The summed E-state index contributed by atoms with van der Waals surface area (Å²) in [6, 6.07) is 9.44. The topological polar surface area (TPSA) is 63.1 Å². The Morgan fingerprint density at radius 1 is 1.22 bits per heavy atom. The van der Waals surface area contributed by atoms with E-state index in [1.807, 2.05) is 24.3 Å². The summed E-state index contributed by atoms with van der Waals surface area (Å²) < 4.78 is 0. The Morgan fingerprint density at radius 3 is 2.44 bits per heavy atom. The van der Waals surface area contributed by atoms with Crippen LogP contribution < -0.4 is 0 Å². The lowest BCUT2D eigenvalue weighted by Gasteiger charge is -2.04. The zero-order valence-corrected chi connectivity index (χ0v) is 10.3. The Morgan fingerprint density at radius 2 is 1.89 bits per heavy atom. The lowest BCUT2D eigenvalue weighted by atomic mass is 10.1. The monoisotopic (exact) mass is 242 g/mol. The molecule has 0 bridgehead atoms. The van der Waals surface area contributed by atoms with Crippen molar-refractivity contribution in [3.63, 3.8) is 0 Å². The van der Waals surface area contributed by atoms with Crippen LogP contribution in [0.25, 0.3) is 11.3 Å². The fourth-order valence-electron chi connectivity index (χ4n) is 1.74. The van der Waals surface area contributed by atoms with Gasteiger partial charge in [-0.3, -0.25) is 0 Å². The highest BCUT2D eigenvalue weighted by atomic mass is 16.4. The molecule has 0 aliphatic heterocycles. The van der Waals surface area contributed by atoms with Crippen molar-refractivity contribution in [2.75, 3.05) is 0 Å². The summed E-state index contributed by atoms with van der Waals surface area (Å²) in [6.45, 7) is 3.78. The number of hydrogen-bond acceptors (Lipinski definition) is 3. The Hall–Kier alpha value is -2.23. The van der Waals surface area contributed by atoms with E-state index < -0.39 is 5.97 Å². The molecular weight excluding hydrogens is 228 g/mol. The van der Waals surface area contributed by atoms with E-state index in [1.54, 1.807) is 6.92 Å². The van der Waals surface area contributed by atoms with Crippen molar-refractivity contribution in [1.29, 1.82) is 0 Å². The van der Waals surface area contributed by atoms with Gasteiger partial charge in [0.05, 0.1) is 5.69 Å². The lowest BCUT2D eigenvalue weighted by molar-refractivity contribution is 0.0690. The van der Waals surface area contributed by atoms with Crippen LogP contribution in [0.1, 0.15) is 28.8 Å². The molecule has 4 heteroatoms. The van der Waals surface area contributed by atoms with Gasteiger partial charge >= 0.3 is 5.97 Å². The average Bonchev–Trinajstić information content (AvgIpc) is 2.38. The summed E-state index contributed by atoms with van der Waals surface area (Å²) in [5.41, 5.74) is 2.81. The minimum absolute atomic E-state index is 0.0251. The van der Waals surface area contributed by atoms with Crippen molar-refractivity contribution in [3.8, 4) is 11.3 Å². The van der Waals surface area contributed by atoms with Crippen LogP contribution >= 0.6 is 0 Å². The predicted octanol–water partition coefficient (Wildman–Crippen LogP) is 2.71. The molecule has 0 radical (unpaired) electrons. The molecule has 1 heterocycles. The minimum atomic E-state index is -1.04. The molecule has 0 unspecified atom stereocenters. The van der Waals surface area contributed by atoms with Crippen molar-refractivity contribution in [2.24, 2.45) is 0 Å². The third kappa shape index (κ3) is 2.53. The number of carbonyl (C=O) groups is 1. The fourth-order valence-corrected chi connectivity index (χ4v) is 1.74. The van der Waals surface area contributed by atoms with Gasteiger partial charge in [-0.05, 0) is 25.0 Å². The first-order valence-corrected chi connectivity index (χ1v) is 5.78. The molecule has 1 aromatic heterocycles. The minimum Gasteiger partial charge on any atom is -0.477 e. The van der Waals surface area contributed by atoms with E-state index in [2.05, 4.69) is 16.9 Å². The van der Waals surface area contributed by atoms with E-state index in [0.717, 1.165) is 12.0 Å². The standard InChI is InChI=1S/C14H14N2O2/c1-3-10-4-6-11(7-5-10)12-8-13(14(17)18)16-9(2)15-12/h4-8H,3H2,1-2H3,(H,17,18). The first kappa shape index (κ1) is 12.2. The first-order valence-electron chi connectivity index (χ1n) is 5.78. The molecule has 18 heavy (non-hydrogen) atoms. The SMILES string of the molecule is CCc1ccc(-c2cc(C(=O)O)nc(C)n2)cc1. The van der Waals surface area contributed by atoms with E-state index in [1.165, 1.54) is 11.6 Å². The molecule has 1 aromatic carbocycles. The van der Waals surface area contributed by atoms with Gasteiger partial charge in [-0.1, -0.05) is 31.2 Å². The van der Waals surface area contributed by atoms with Crippen LogP contribution in [0, 0.1) is 6.92 Å². The van der Waals surface area contributed by atoms with Crippen LogP contribution in [0.2, 0.25) is 0 Å². The van der Waals surface area contributed by atoms with Gasteiger partial charge < -0.3 is 5.11 Å². The maximum absolute atomic E-state index is 10.9. The van der Waals surface area contributed by atoms with E-state index in [9.17, 15) is 4.79 Å². The van der Waals surface area contributed by atoms with Gasteiger partial charge in [0.25, 0.3) is 0 Å². The van der Waals surface area contributed by atoms with Gasteiger partial charge in [-0.15, -0.1) is 0 Å². The summed E-state index contributed by atoms with van der Waals surface area (Å²) in [6.07, 6.45) is 0.976. The van der Waals surface area contributed by atoms with Crippen LogP contribution in [0.3, 0.4) is 0 Å². The summed E-state index contributed by atoms with van der Waals surface area (Å²) in [5.74, 6) is -0.573. The van der Waals surface area contributed by atoms with Gasteiger partial charge in [0.1, 0.15) is 5.82 Å². The van der Waals surface area contributed by atoms with Crippen molar-refractivity contribution >= 4 is 5.97 Å². The fraction of sp³-hybridized carbons (Fsp3) is 0.214. The molecule has 2 aromatic rings. The number of aromatic nitrogens is 2. The second kappa shape index (κ2) is 4.96. The van der Waals surface area contributed by atoms with Crippen molar-refractivity contribution < 1.29 is 9.90 Å². The average molecular weight is 242 g/mol. The second-order valence-corrected chi connectivity index (χ2v) is 4.04. The number of benzene rings is 1. The summed E-state index contributed by atoms with van der Waals surface area (Å²) >= 11 is 0. The summed E-state index contributed by atoms with van der Waals surface area (Å²) in [7, 11) is 0. The largest absolute Gasteiger partial charge is 0.477 e. The van der Waals surface area contributed by atoms with Crippen molar-refractivity contribution in [3.05, 3.63) is 47.4 Å². The van der Waals surface area contributed by atoms with E-state index in [4.69, 9.17) is 5.11 Å². The molecule has 0 atom stereocenters. The number of hydrogen-bond donors (Lipinski definition) is 1. The van der Waals surface area contributed by atoms with Crippen LogP contribution in [0.15, 0.2) is 30.3 Å². The van der Waals surface area contributed by atoms with Gasteiger partial charge in [0, 0.05) is 5.56 Å². The lowest BCUT2D eigenvalue weighted by Crippen LogP contribution is -2.04. The highest BCUT2D eigenvalue weighted by Gasteiger charge is 2.09. The third-order valence-electron chi connectivity index (χ3n) is 2.72. The number of carboxylic acid groups (broad SMARTS) is 1. The molecule has 0 amide bonds. The third-order valence-corrected chi connectivity index (χ3v) is 2.72. The van der Waals surface area contributed by atoms with E-state index >= 15 is 0 Å². The van der Waals surface area contributed by atoms with E-state index in [-0.39, 0.29) is 5.69 Å². The first-order chi connectivity index (χ1) is 8.60. The van der Waals surface area contributed by atoms with Crippen LogP contribution in [-0.2, 0) is 6.42 Å². The normalized spacial score (nSPS) is 10.3. The number of nitrogens with zero attached hydrogens (tertiary/aromatic N) is 2. The number of aromatic carboxylic acids is 1. The zero-order chi connectivity index (χ0) is 13.1. The van der Waals surface area contributed by atoms with Gasteiger partial charge in [-0.2, -0.15) is 0 Å². The summed E-state index contributed by atoms with van der Waals surface area (Å²) in [4.78, 5) is 19.1. The molecule has 0 aliphatic rings. The van der Waals surface area contributed by atoms with Gasteiger partial charge in [0.2, 0.25) is 0 Å². The molecule has 0 saturated heterocycles. The van der Waals surface area contributed by atoms with Crippen LogP contribution in [0.5, 0.6) is 0 Å². The number of rotatable bonds is 3. The van der Waals surface area contributed by atoms with Crippen molar-refractivity contribution in [2.45, 2.75) is 20.3 Å². The second-order valence-electron chi connectivity index (χ2n) is 4.04. The van der Waals surface area contributed by atoms with Gasteiger partial charge in [0.15, 0.2) is 5.69 Å². The Kier molecular flexibility index (Phi) is 3.37. The Balaban J connectivity index is 2.46. The quantitative estimate of drug-likeness (QED) is 0.898. The zero-order valence-electron chi connectivity index (χ0n) is 10.3. The molecule has 0 fully saturated rings. The number of carboxylic acids is 1. The molecule has 2 rings (SSSR count). The van der Waals surface area contributed by atoms with E-state index in [0.29, 0.717) is 11.5 Å². The molecule has 1 N–H and O–H groups in total. The Labute approximate surface area is 105 Å². The molecule has 92 valence electrons. The number of aryl methyl sites for hydroxylation is 2. The smallest absolute Gasteiger partial charge is 0.354 e.